The van der Waals surface area contributed by atoms with E-state index in [2.05, 4.69) is 43.0 Å². The van der Waals surface area contributed by atoms with Crippen LogP contribution in [0, 0.1) is 0 Å². The minimum Gasteiger partial charge on any atom is -0.334 e. The molecule has 0 bridgehead atoms. The van der Waals surface area contributed by atoms with Gasteiger partial charge in [0.15, 0.2) is 0 Å². The number of hydrogen-bond donors (Lipinski definition) is 0. The maximum atomic E-state index is 12.4. The van der Waals surface area contributed by atoms with Gasteiger partial charge < -0.3 is 4.90 Å². The van der Waals surface area contributed by atoms with E-state index in [-0.39, 0.29) is 13.2 Å². The van der Waals surface area contributed by atoms with Gasteiger partial charge in [0, 0.05) is 13.1 Å². The highest BCUT2D eigenvalue weighted by atomic mass is 32.6. The molecule has 0 radical (unpaired) electrons. The lowest BCUT2D eigenvalue weighted by molar-refractivity contribution is 0.0779. The zero-order valence-corrected chi connectivity index (χ0v) is 14.0. The van der Waals surface area contributed by atoms with Crippen molar-refractivity contribution in [1.82, 2.24) is 4.90 Å². The zero-order chi connectivity index (χ0) is 12.4. The van der Waals surface area contributed by atoms with Crippen molar-refractivity contribution >= 4 is 44.3 Å². The molecule has 6 heteroatoms. The Morgan fingerprint density at radius 1 is 1.53 bits per heavy atom. The molecule has 0 spiro atoms. The van der Waals surface area contributed by atoms with Crippen molar-refractivity contribution in [2.24, 2.45) is 0 Å². The average molecular weight is 303 g/mol. The molecule has 0 N–H and O–H groups in total. The summed E-state index contributed by atoms with van der Waals surface area (Å²) in [5, 5.41) is 1.25. The fourth-order valence-corrected chi connectivity index (χ4v) is 5.86. The Morgan fingerprint density at radius 2 is 2.29 bits per heavy atom. The number of fused-ring (bicyclic) bond motifs is 1. The molecule has 1 aliphatic heterocycles. The van der Waals surface area contributed by atoms with Crippen molar-refractivity contribution in [2.45, 2.75) is 19.9 Å². The summed E-state index contributed by atoms with van der Waals surface area (Å²) < 4.78 is 0. The third-order valence-corrected chi connectivity index (χ3v) is 13.0. The van der Waals surface area contributed by atoms with E-state index in [1.807, 2.05) is 4.90 Å². The molecule has 1 heterocycles. The number of nitrogens with zero attached hydrogens (tertiary/aromatic N) is 1. The van der Waals surface area contributed by atoms with Crippen LogP contribution in [0.25, 0.3) is 0 Å². The van der Waals surface area contributed by atoms with E-state index in [0.29, 0.717) is 0 Å². The summed E-state index contributed by atoms with van der Waals surface area (Å²) >= 11 is 0. The summed E-state index contributed by atoms with van der Waals surface area (Å²) in [6, 6.07) is 6.29. The van der Waals surface area contributed by atoms with E-state index in [4.69, 9.17) is 0 Å². The molecule has 17 heavy (non-hydrogen) atoms. The molecule has 0 aliphatic carbocycles. The topological polar surface area (TPSA) is 20.3 Å². The number of rotatable bonds is 4. The predicted molar refractivity (Wildman–Crippen MR) is 85.8 cm³/mol. The molecule has 4 atom stereocenters. The smallest absolute Gasteiger partial charge is 0.255 e. The Balaban J connectivity index is 2.38. The molecule has 1 amide bonds. The number of hydrogen-bond acceptors (Lipinski definition) is 1. The standard InChI is InChI=1S/C11H17NOP4/c1-2-6-12-7-8-4-3-5-9(17(15)16-14)10(8)11(12)13/h3-5,16H,2,6-7,14-15H2,1H3. The molecule has 1 aliphatic rings. The molecule has 2 nitrogen and oxygen atoms in total. The van der Waals surface area contributed by atoms with Crippen LogP contribution in [-0.2, 0) is 6.54 Å². The van der Waals surface area contributed by atoms with Crippen LogP contribution < -0.4 is 5.30 Å². The Morgan fingerprint density at radius 3 is 2.94 bits per heavy atom. The van der Waals surface area contributed by atoms with Gasteiger partial charge >= 0.3 is 0 Å². The van der Waals surface area contributed by atoms with Crippen LogP contribution in [0.2, 0.25) is 0 Å². The first kappa shape index (κ1) is 13.8. The summed E-state index contributed by atoms with van der Waals surface area (Å²) in [6.07, 6.45) is 1.02. The van der Waals surface area contributed by atoms with E-state index < -0.39 is 0 Å². The van der Waals surface area contributed by atoms with Crippen molar-refractivity contribution in [3.63, 3.8) is 0 Å². The van der Waals surface area contributed by atoms with Gasteiger partial charge in [-0.1, -0.05) is 33.1 Å². The second-order valence-electron chi connectivity index (χ2n) is 4.04. The molecule has 0 aromatic heterocycles. The van der Waals surface area contributed by atoms with Crippen molar-refractivity contribution < 1.29 is 4.79 Å². The molecular weight excluding hydrogens is 286 g/mol. The van der Waals surface area contributed by atoms with Crippen LogP contribution in [-0.4, -0.2) is 17.4 Å². The van der Waals surface area contributed by atoms with Gasteiger partial charge in [0.05, 0.1) is 5.56 Å². The monoisotopic (exact) mass is 303 g/mol. The Bertz CT molecular complexity index is 437. The van der Waals surface area contributed by atoms with E-state index >= 15 is 0 Å². The highest BCUT2D eigenvalue weighted by molar-refractivity contribution is 8.63. The second-order valence-corrected chi connectivity index (χ2v) is 13.2. The summed E-state index contributed by atoms with van der Waals surface area (Å²) in [6.45, 7) is 3.78. The van der Waals surface area contributed by atoms with Gasteiger partial charge in [0.2, 0.25) is 0 Å². The van der Waals surface area contributed by atoms with E-state index in [9.17, 15) is 4.79 Å². The summed E-state index contributed by atoms with van der Waals surface area (Å²) in [5.74, 6) is 0.232. The van der Waals surface area contributed by atoms with Crippen molar-refractivity contribution in [3.8, 4) is 0 Å². The first-order valence-electron chi connectivity index (χ1n) is 5.61. The van der Waals surface area contributed by atoms with Crippen molar-refractivity contribution in [1.29, 1.82) is 0 Å². The first-order valence-corrected chi connectivity index (χ1v) is 12.2. The largest absolute Gasteiger partial charge is 0.334 e. The minimum atomic E-state index is -0.271. The van der Waals surface area contributed by atoms with E-state index in [1.165, 1.54) is 10.9 Å². The van der Waals surface area contributed by atoms with Crippen LogP contribution in [0.1, 0.15) is 29.3 Å². The van der Waals surface area contributed by atoms with Crippen LogP contribution in [0.15, 0.2) is 18.2 Å². The molecule has 4 unspecified atom stereocenters. The third-order valence-electron chi connectivity index (χ3n) is 2.88. The van der Waals surface area contributed by atoms with E-state index in [0.717, 1.165) is 33.0 Å². The van der Waals surface area contributed by atoms with Crippen molar-refractivity contribution in [3.05, 3.63) is 29.3 Å². The van der Waals surface area contributed by atoms with Crippen molar-refractivity contribution in [2.75, 3.05) is 6.54 Å². The quantitative estimate of drug-likeness (QED) is 0.781. The van der Waals surface area contributed by atoms with Crippen LogP contribution in [0.3, 0.4) is 0 Å². The Kier molecular flexibility index (Phi) is 4.91. The van der Waals surface area contributed by atoms with Crippen LogP contribution in [0.4, 0.5) is 0 Å². The van der Waals surface area contributed by atoms with Gasteiger partial charge in [0.25, 0.3) is 5.91 Å². The maximum Gasteiger partial charge on any atom is 0.255 e. The molecule has 0 fully saturated rings. The first-order chi connectivity index (χ1) is 8.19. The molecule has 2 rings (SSSR count). The lowest BCUT2D eigenvalue weighted by Crippen LogP contribution is -2.26. The van der Waals surface area contributed by atoms with E-state index in [1.54, 1.807) is 0 Å². The zero-order valence-electron chi connectivity index (χ0n) is 9.81. The van der Waals surface area contributed by atoms with Gasteiger partial charge in [-0.2, -0.15) is 0 Å². The molecule has 1 aromatic carbocycles. The van der Waals surface area contributed by atoms with Crippen LogP contribution >= 0.6 is 33.1 Å². The van der Waals surface area contributed by atoms with Gasteiger partial charge in [0.1, 0.15) is 0 Å². The average Bonchev–Trinajstić information content (AvgIpc) is 2.66. The van der Waals surface area contributed by atoms with Gasteiger partial charge in [-0.15, -0.1) is 17.9 Å². The lowest BCUT2D eigenvalue weighted by atomic mass is 10.1. The van der Waals surface area contributed by atoms with Gasteiger partial charge in [-0.25, -0.2) is 0 Å². The number of carbonyl (C=O) groups excluding carboxylic acids is 1. The normalized spacial score (nSPS) is 16.9. The second kappa shape index (κ2) is 6.04. The molecular formula is C11H17NOP4. The maximum absolute atomic E-state index is 12.4. The number of carbonyl (C=O) groups is 1. The number of benzene rings is 1. The fourth-order valence-electron chi connectivity index (χ4n) is 2.12. The van der Waals surface area contributed by atoms with Gasteiger partial charge in [-0.05, 0) is 24.6 Å². The van der Waals surface area contributed by atoms with Gasteiger partial charge in [-0.3, -0.25) is 4.79 Å². The SMILES string of the molecule is CCCN1Cc2cccc(P(P)PP)c2C1=O. The summed E-state index contributed by atoms with van der Waals surface area (Å²) in [7, 11) is 6.22. The highest BCUT2D eigenvalue weighted by Crippen LogP contribution is 2.65. The lowest BCUT2D eigenvalue weighted by Gasteiger charge is -2.15. The number of amides is 1. The highest BCUT2D eigenvalue weighted by Gasteiger charge is 2.30. The van der Waals surface area contributed by atoms with Crippen LogP contribution in [0.5, 0.6) is 0 Å². The molecule has 0 saturated heterocycles. The molecule has 0 saturated carbocycles. The third kappa shape index (κ3) is 2.72. The predicted octanol–water partition coefficient (Wildman–Crippen LogP) is 3.33. The molecule has 92 valence electrons. The summed E-state index contributed by atoms with van der Waals surface area (Å²) in [4.78, 5) is 14.3. The Hall–Kier alpha value is 0.410. The minimum absolute atomic E-state index is 0.232. The summed E-state index contributed by atoms with van der Waals surface area (Å²) in [5.41, 5.74) is 2.19. The fraction of sp³-hybridized carbons (Fsp3) is 0.364. The molecule has 1 aromatic rings. The Labute approximate surface area is 110 Å².